The van der Waals surface area contributed by atoms with Crippen LogP contribution < -0.4 is 0 Å². The average molecular weight is 257 g/mol. The van der Waals surface area contributed by atoms with E-state index in [1.165, 1.54) is 0 Å². The van der Waals surface area contributed by atoms with Crippen molar-refractivity contribution in [1.82, 2.24) is 0 Å². The summed E-state index contributed by atoms with van der Waals surface area (Å²) in [5.41, 5.74) is 1.66. The highest BCUT2D eigenvalue weighted by Crippen LogP contribution is 2.36. The summed E-state index contributed by atoms with van der Waals surface area (Å²) < 4.78 is 0. The van der Waals surface area contributed by atoms with Crippen molar-refractivity contribution in [3.05, 3.63) is 57.5 Å². The van der Waals surface area contributed by atoms with E-state index in [2.05, 4.69) is 6.07 Å². The molecule has 0 unspecified atom stereocenters. The number of halogens is 3. The Bertz CT molecular complexity index is 492. The highest BCUT2D eigenvalue weighted by atomic mass is 35.5. The monoisotopic (exact) mass is 255 g/mol. The summed E-state index contributed by atoms with van der Waals surface area (Å²) in [5, 5.41) is 1.58. The van der Waals surface area contributed by atoms with Gasteiger partial charge in [-0.2, -0.15) is 0 Å². The van der Waals surface area contributed by atoms with Gasteiger partial charge in [0, 0.05) is 17.2 Å². The molecule has 0 heterocycles. The predicted octanol–water partition coefficient (Wildman–Crippen LogP) is 5.11. The van der Waals surface area contributed by atoms with Crippen LogP contribution in [0.5, 0.6) is 0 Å². The molecule has 0 N–H and O–H groups in total. The van der Waals surface area contributed by atoms with Crippen molar-refractivity contribution in [2.24, 2.45) is 0 Å². The van der Waals surface area contributed by atoms with Crippen LogP contribution in [0.1, 0.15) is 0 Å². The van der Waals surface area contributed by atoms with Crippen LogP contribution in [0, 0.1) is 6.07 Å². The van der Waals surface area contributed by atoms with Crippen molar-refractivity contribution in [3.8, 4) is 11.1 Å². The lowest BCUT2D eigenvalue weighted by Gasteiger charge is -2.07. The molecular formula is C12H6Cl3. The van der Waals surface area contributed by atoms with Gasteiger partial charge in [0.1, 0.15) is 0 Å². The summed E-state index contributed by atoms with van der Waals surface area (Å²) in [6.45, 7) is 0. The first kappa shape index (κ1) is 10.8. The molecule has 0 bridgehead atoms. The Hall–Kier alpha value is -0.690. The van der Waals surface area contributed by atoms with Gasteiger partial charge in [-0.25, -0.2) is 0 Å². The van der Waals surface area contributed by atoms with Gasteiger partial charge in [0.25, 0.3) is 0 Å². The number of rotatable bonds is 1. The first-order valence-corrected chi connectivity index (χ1v) is 5.44. The van der Waals surface area contributed by atoms with E-state index in [-0.39, 0.29) is 0 Å². The third-order valence-corrected chi connectivity index (χ3v) is 3.18. The molecule has 0 nitrogen and oxygen atoms in total. The molecule has 0 aromatic heterocycles. The Morgan fingerprint density at radius 1 is 0.867 bits per heavy atom. The Morgan fingerprint density at radius 2 is 1.60 bits per heavy atom. The van der Waals surface area contributed by atoms with Gasteiger partial charge in [0.05, 0.1) is 15.1 Å². The zero-order chi connectivity index (χ0) is 10.8. The smallest absolute Gasteiger partial charge is 0.0671 e. The SMILES string of the molecule is Clc1[c]cccc1-c1cccc(Cl)c1Cl. The summed E-state index contributed by atoms with van der Waals surface area (Å²) in [5.74, 6) is 0. The molecule has 0 atom stereocenters. The summed E-state index contributed by atoms with van der Waals surface area (Å²) in [6, 6.07) is 13.9. The zero-order valence-corrected chi connectivity index (χ0v) is 9.87. The number of hydrogen-bond acceptors (Lipinski definition) is 0. The normalized spacial score (nSPS) is 10.3. The van der Waals surface area contributed by atoms with Gasteiger partial charge in [0.15, 0.2) is 0 Å². The minimum absolute atomic E-state index is 0.515. The van der Waals surface area contributed by atoms with E-state index >= 15 is 0 Å². The molecule has 75 valence electrons. The van der Waals surface area contributed by atoms with Crippen LogP contribution >= 0.6 is 34.8 Å². The Morgan fingerprint density at radius 3 is 2.33 bits per heavy atom. The highest BCUT2D eigenvalue weighted by molar-refractivity contribution is 6.44. The van der Waals surface area contributed by atoms with Crippen LogP contribution in [0.4, 0.5) is 0 Å². The maximum atomic E-state index is 6.10. The fourth-order valence-electron chi connectivity index (χ4n) is 1.34. The Kier molecular flexibility index (Phi) is 3.20. The largest absolute Gasteiger partial charge is 0.0830 e. The fourth-order valence-corrected chi connectivity index (χ4v) is 1.97. The second-order valence-corrected chi connectivity index (χ2v) is 4.16. The molecule has 0 aliphatic carbocycles. The third-order valence-electron chi connectivity index (χ3n) is 2.05. The lowest BCUT2D eigenvalue weighted by Crippen LogP contribution is -1.81. The molecule has 1 radical (unpaired) electrons. The minimum Gasteiger partial charge on any atom is -0.0830 e. The van der Waals surface area contributed by atoms with E-state index < -0.39 is 0 Å². The van der Waals surface area contributed by atoms with Gasteiger partial charge in [-0.3, -0.25) is 0 Å². The third kappa shape index (κ3) is 2.12. The van der Waals surface area contributed by atoms with E-state index in [1.54, 1.807) is 12.1 Å². The van der Waals surface area contributed by atoms with Crippen molar-refractivity contribution in [2.75, 3.05) is 0 Å². The van der Waals surface area contributed by atoms with Crippen LogP contribution in [-0.2, 0) is 0 Å². The average Bonchev–Trinajstić information content (AvgIpc) is 2.23. The van der Waals surface area contributed by atoms with Crippen LogP contribution in [0.25, 0.3) is 11.1 Å². The van der Waals surface area contributed by atoms with Crippen LogP contribution in [0.2, 0.25) is 15.1 Å². The molecule has 0 saturated carbocycles. The second kappa shape index (κ2) is 4.44. The topological polar surface area (TPSA) is 0 Å². The fraction of sp³-hybridized carbons (Fsp3) is 0. The molecule has 0 aliphatic heterocycles. The lowest BCUT2D eigenvalue weighted by molar-refractivity contribution is 1.61. The minimum atomic E-state index is 0.515. The van der Waals surface area contributed by atoms with E-state index in [0.717, 1.165) is 11.1 Å². The standard InChI is InChI=1S/C12H6Cl3/c13-10-6-2-1-4-8(10)9-5-3-7-11(14)12(9)15/h1-5,7H. The lowest BCUT2D eigenvalue weighted by atomic mass is 10.1. The molecule has 2 aromatic rings. The number of hydrogen-bond donors (Lipinski definition) is 0. The molecule has 2 rings (SSSR count). The van der Waals surface area contributed by atoms with Gasteiger partial charge < -0.3 is 0 Å². The molecule has 0 amide bonds. The Labute approximate surface area is 103 Å². The van der Waals surface area contributed by atoms with Crippen molar-refractivity contribution >= 4 is 34.8 Å². The van der Waals surface area contributed by atoms with E-state index in [0.29, 0.717) is 15.1 Å². The molecular weight excluding hydrogens is 250 g/mol. The molecule has 2 aromatic carbocycles. The molecule has 0 spiro atoms. The first-order valence-electron chi connectivity index (χ1n) is 4.30. The maximum Gasteiger partial charge on any atom is 0.0671 e. The zero-order valence-electron chi connectivity index (χ0n) is 7.60. The molecule has 0 fully saturated rings. The van der Waals surface area contributed by atoms with Gasteiger partial charge in [0.2, 0.25) is 0 Å². The summed E-state index contributed by atoms with van der Waals surface area (Å²) in [7, 11) is 0. The summed E-state index contributed by atoms with van der Waals surface area (Å²) in [4.78, 5) is 0. The van der Waals surface area contributed by atoms with Gasteiger partial charge >= 0.3 is 0 Å². The van der Waals surface area contributed by atoms with Gasteiger partial charge in [-0.1, -0.05) is 65.1 Å². The highest BCUT2D eigenvalue weighted by Gasteiger charge is 2.08. The van der Waals surface area contributed by atoms with Gasteiger partial charge in [-0.15, -0.1) is 0 Å². The van der Waals surface area contributed by atoms with E-state index in [9.17, 15) is 0 Å². The molecule has 3 heteroatoms. The molecule has 15 heavy (non-hydrogen) atoms. The Balaban J connectivity index is 2.65. The molecule has 0 aliphatic rings. The van der Waals surface area contributed by atoms with Crippen LogP contribution in [0.3, 0.4) is 0 Å². The molecule has 0 saturated heterocycles. The quantitative estimate of drug-likeness (QED) is 0.665. The number of benzene rings is 2. The van der Waals surface area contributed by atoms with Crippen LogP contribution in [-0.4, -0.2) is 0 Å². The van der Waals surface area contributed by atoms with E-state index in [1.807, 2.05) is 24.3 Å². The predicted molar refractivity (Wildman–Crippen MR) is 65.7 cm³/mol. The summed E-state index contributed by atoms with van der Waals surface area (Å²) in [6.07, 6.45) is 0. The second-order valence-electron chi connectivity index (χ2n) is 3.00. The van der Waals surface area contributed by atoms with Crippen molar-refractivity contribution in [2.45, 2.75) is 0 Å². The van der Waals surface area contributed by atoms with Crippen LogP contribution in [0.15, 0.2) is 36.4 Å². The van der Waals surface area contributed by atoms with Crippen molar-refractivity contribution in [1.29, 1.82) is 0 Å². The van der Waals surface area contributed by atoms with E-state index in [4.69, 9.17) is 34.8 Å². The summed E-state index contributed by atoms with van der Waals surface area (Å²) >= 11 is 18.1. The maximum absolute atomic E-state index is 6.10. The van der Waals surface area contributed by atoms with Crippen molar-refractivity contribution in [3.63, 3.8) is 0 Å². The van der Waals surface area contributed by atoms with Gasteiger partial charge in [-0.05, 0) is 6.07 Å². The van der Waals surface area contributed by atoms with Crippen molar-refractivity contribution < 1.29 is 0 Å². The first-order chi connectivity index (χ1) is 7.20.